The lowest BCUT2D eigenvalue weighted by molar-refractivity contribution is 0.590. The van der Waals surface area contributed by atoms with Crippen LogP contribution in [-0.2, 0) is 5.41 Å². The average molecular weight is 315 g/mol. The Labute approximate surface area is 135 Å². The first-order valence-corrected chi connectivity index (χ1v) is 9.12. The van der Waals surface area contributed by atoms with Crippen molar-refractivity contribution in [2.75, 3.05) is 0 Å². The fraction of sp³-hybridized carbons (Fsp3) is 0.368. The third-order valence-corrected chi connectivity index (χ3v) is 6.47. The average Bonchev–Trinajstić information content (AvgIpc) is 2.95. The van der Waals surface area contributed by atoms with Crippen molar-refractivity contribution in [3.63, 3.8) is 0 Å². The number of benzene rings is 1. The molecule has 2 aromatic heterocycles. The molecule has 110 valence electrons. The minimum Gasteiger partial charge on any atom is -0.139 e. The second-order valence-electron chi connectivity index (χ2n) is 6.97. The smallest absolute Gasteiger partial charge is 0.0460 e. The maximum absolute atomic E-state index is 2.36. The van der Waals surface area contributed by atoms with Crippen molar-refractivity contribution in [3.8, 4) is 10.4 Å². The molecule has 0 fully saturated rings. The number of rotatable bonds is 2. The Morgan fingerprint density at radius 2 is 1.48 bits per heavy atom. The van der Waals surface area contributed by atoms with Crippen LogP contribution >= 0.6 is 22.7 Å². The van der Waals surface area contributed by atoms with Gasteiger partial charge >= 0.3 is 0 Å². The molecule has 0 saturated heterocycles. The molecule has 0 nitrogen and oxygen atoms in total. The number of fused-ring (bicyclic) bond motifs is 1. The summed E-state index contributed by atoms with van der Waals surface area (Å²) in [6, 6.07) is 13.8. The Morgan fingerprint density at radius 1 is 0.857 bits per heavy atom. The summed E-state index contributed by atoms with van der Waals surface area (Å²) in [7, 11) is 0. The molecule has 0 radical (unpaired) electrons. The Morgan fingerprint density at radius 3 is 2.00 bits per heavy atom. The fourth-order valence-electron chi connectivity index (χ4n) is 2.42. The first-order chi connectivity index (χ1) is 9.84. The van der Waals surface area contributed by atoms with Gasteiger partial charge in [0, 0.05) is 19.2 Å². The van der Waals surface area contributed by atoms with Gasteiger partial charge in [0.05, 0.1) is 0 Å². The van der Waals surface area contributed by atoms with Crippen LogP contribution in [0.5, 0.6) is 0 Å². The molecule has 0 amide bonds. The third kappa shape index (κ3) is 2.93. The Hall–Kier alpha value is -1.12. The van der Waals surface area contributed by atoms with Crippen LogP contribution in [0.1, 0.15) is 51.0 Å². The Bertz CT molecular complexity index is 718. The summed E-state index contributed by atoms with van der Waals surface area (Å²) in [6.07, 6.45) is 0. The van der Waals surface area contributed by atoms with Gasteiger partial charge in [0.15, 0.2) is 0 Å². The normalized spacial score (nSPS) is 12.5. The molecule has 0 aliphatic heterocycles. The topological polar surface area (TPSA) is 0 Å². The summed E-state index contributed by atoms with van der Waals surface area (Å²) in [5.74, 6) is 0.629. The molecule has 0 N–H and O–H groups in total. The van der Waals surface area contributed by atoms with Crippen LogP contribution in [0.3, 0.4) is 0 Å². The third-order valence-electron chi connectivity index (χ3n) is 3.83. The van der Waals surface area contributed by atoms with E-state index in [1.165, 1.54) is 30.3 Å². The quantitative estimate of drug-likeness (QED) is 0.475. The molecule has 0 aliphatic rings. The molecule has 0 saturated carbocycles. The molecule has 2 heteroatoms. The lowest BCUT2D eigenvalue weighted by atomic mass is 9.86. The van der Waals surface area contributed by atoms with Gasteiger partial charge in [-0.15, -0.1) is 22.7 Å². The first-order valence-electron chi connectivity index (χ1n) is 7.49. The molecule has 0 atom stereocenters. The highest BCUT2D eigenvalue weighted by atomic mass is 32.1. The predicted molar refractivity (Wildman–Crippen MR) is 97.9 cm³/mol. The molecular weight excluding hydrogens is 292 g/mol. The van der Waals surface area contributed by atoms with E-state index in [-0.39, 0.29) is 5.41 Å². The molecule has 21 heavy (non-hydrogen) atoms. The summed E-state index contributed by atoms with van der Waals surface area (Å²) in [4.78, 5) is 2.87. The molecule has 3 rings (SSSR count). The van der Waals surface area contributed by atoms with Crippen LogP contribution < -0.4 is 0 Å². The van der Waals surface area contributed by atoms with Gasteiger partial charge in [0.25, 0.3) is 0 Å². The predicted octanol–water partition coefficient (Wildman–Crippen LogP) is 7.05. The minimum atomic E-state index is 0.223. The van der Waals surface area contributed by atoms with Crippen molar-refractivity contribution in [3.05, 3.63) is 46.8 Å². The van der Waals surface area contributed by atoms with E-state index in [1.807, 2.05) is 22.7 Å². The van der Waals surface area contributed by atoms with Crippen LogP contribution in [0.4, 0.5) is 0 Å². The Kier molecular flexibility index (Phi) is 3.71. The molecular formula is C19H22S2. The van der Waals surface area contributed by atoms with E-state index in [0.29, 0.717) is 5.92 Å². The van der Waals surface area contributed by atoms with Crippen molar-refractivity contribution in [1.82, 2.24) is 0 Å². The summed E-state index contributed by atoms with van der Waals surface area (Å²) in [6.45, 7) is 11.3. The molecule has 1 aromatic carbocycles. The van der Waals surface area contributed by atoms with Crippen LogP contribution in [0, 0.1) is 0 Å². The second kappa shape index (κ2) is 5.26. The van der Waals surface area contributed by atoms with Gasteiger partial charge < -0.3 is 0 Å². The zero-order chi connectivity index (χ0) is 15.2. The maximum atomic E-state index is 2.36. The highest BCUT2D eigenvalue weighted by Crippen LogP contribution is 2.40. The highest BCUT2D eigenvalue weighted by molar-refractivity contribution is 7.29. The number of thiophene rings is 2. The van der Waals surface area contributed by atoms with Crippen molar-refractivity contribution in [2.24, 2.45) is 0 Å². The number of hydrogen-bond acceptors (Lipinski definition) is 2. The van der Waals surface area contributed by atoms with Crippen LogP contribution in [-0.4, -0.2) is 0 Å². The molecule has 0 bridgehead atoms. The summed E-state index contributed by atoms with van der Waals surface area (Å²) in [5.41, 5.74) is 2.95. The lowest BCUT2D eigenvalue weighted by Crippen LogP contribution is -2.10. The van der Waals surface area contributed by atoms with E-state index in [9.17, 15) is 0 Å². The minimum absolute atomic E-state index is 0.223. The van der Waals surface area contributed by atoms with Crippen molar-refractivity contribution in [1.29, 1.82) is 0 Å². The van der Waals surface area contributed by atoms with Gasteiger partial charge in [-0.05, 0) is 34.6 Å². The summed E-state index contributed by atoms with van der Waals surface area (Å²) < 4.78 is 2.86. The monoisotopic (exact) mass is 314 g/mol. The van der Waals surface area contributed by atoms with Crippen molar-refractivity contribution >= 4 is 32.1 Å². The molecule has 0 unspecified atom stereocenters. The van der Waals surface area contributed by atoms with Gasteiger partial charge in [-0.2, -0.15) is 0 Å². The summed E-state index contributed by atoms with van der Waals surface area (Å²) in [5, 5.41) is 0. The maximum Gasteiger partial charge on any atom is 0.0460 e. The van der Waals surface area contributed by atoms with Gasteiger partial charge in [-0.25, -0.2) is 0 Å². The highest BCUT2D eigenvalue weighted by Gasteiger charge is 2.14. The van der Waals surface area contributed by atoms with E-state index in [4.69, 9.17) is 0 Å². The standard InChI is InChI=1S/C19H22S2/c1-12(2)15-10-17-18(20-15)11-16(21-17)13-6-8-14(9-7-13)19(3,4)5/h6-12H,1-5H3. The zero-order valence-electron chi connectivity index (χ0n) is 13.4. The van der Waals surface area contributed by atoms with Gasteiger partial charge in [-0.1, -0.05) is 58.9 Å². The van der Waals surface area contributed by atoms with Gasteiger partial charge in [-0.3, -0.25) is 0 Å². The van der Waals surface area contributed by atoms with Crippen LogP contribution in [0.15, 0.2) is 36.4 Å². The van der Waals surface area contributed by atoms with Gasteiger partial charge in [0.2, 0.25) is 0 Å². The van der Waals surface area contributed by atoms with E-state index in [2.05, 4.69) is 71.0 Å². The largest absolute Gasteiger partial charge is 0.139 e. The van der Waals surface area contributed by atoms with Crippen molar-refractivity contribution in [2.45, 2.75) is 46.0 Å². The SMILES string of the molecule is CC(C)c1cc2sc(-c3ccc(C(C)(C)C)cc3)cc2s1. The van der Waals surface area contributed by atoms with E-state index >= 15 is 0 Å². The van der Waals surface area contributed by atoms with Crippen molar-refractivity contribution < 1.29 is 0 Å². The fourth-order valence-corrected chi connectivity index (χ4v) is 4.83. The molecule has 3 aromatic rings. The van der Waals surface area contributed by atoms with E-state index < -0.39 is 0 Å². The molecule has 0 aliphatic carbocycles. The van der Waals surface area contributed by atoms with E-state index in [1.54, 1.807) is 0 Å². The van der Waals surface area contributed by atoms with Crippen LogP contribution in [0.2, 0.25) is 0 Å². The molecule has 0 spiro atoms. The van der Waals surface area contributed by atoms with Crippen LogP contribution in [0.25, 0.3) is 19.8 Å². The molecule has 2 heterocycles. The summed E-state index contributed by atoms with van der Waals surface area (Å²) >= 11 is 3.85. The second-order valence-corrected chi connectivity index (χ2v) is 9.17. The lowest BCUT2D eigenvalue weighted by Gasteiger charge is -2.18. The van der Waals surface area contributed by atoms with Gasteiger partial charge in [0.1, 0.15) is 0 Å². The zero-order valence-corrected chi connectivity index (χ0v) is 15.0. The van der Waals surface area contributed by atoms with E-state index in [0.717, 1.165) is 0 Å². The first kappa shape index (κ1) is 14.8. The Balaban J connectivity index is 1.95. The number of hydrogen-bond donors (Lipinski definition) is 0.